The number of nitrogen functional groups attached to an aromatic ring is 1. The molecule has 1 aliphatic heterocycles. The Labute approximate surface area is 159 Å². The Balaban J connectivity index is 1.62. The predicted molar refractivity (Wildman–Crippen MR) is 107 cm³/mol. The van der Waals surface area contributed by atoms with Crippen LogP contribution in [0.2, 0.25) is 0 Å². The van der Waals surface area contributed by atoms with E-state index in [1.54, 1.807) is 17.7 Å². The van der Waals surface area contributed by atoms with Crippen molar-refractivity contribution in [3.05, 3.63) is 63.8 Å². The number of nitrogens with zero attached hydrogens (tertiary/aromatic N) is 6. The van der Waals surface area contributed by atoms with Crippen molar-refractivity contribution in [2.75, 3.05) is 10.6 Å². The molecule has 1 aromatic carbocycles. The minimum absolute atomic E-state index is 0.106. The first-order valence-corrected chi connectivity index (χ1v) is 9.47. The van der Waals surface area contributed by atoms with E-state index >= 15 is 0 Å². The highest BCUT2D eigenvalue weighted by Gasteiger charge is 2.22. The lowest BCUT2D eigenvalue weighted by Gasteiger charge is -2.31. The summed E-state index contributed by atoms with van der Waals surface area (Å²) in [5, 5.41) is 3.21. The summed E-state index contributed by atoms with van der Waals surface area (Å²) in [6.07, 6.45) is 5.29. The number of fused-ring (bicyclic) bond motifs is 2. The Hall–Kier alpha value is -3.26. The van der Waals surface area contributed by atoms with Crippen LogP contribution >= 0.6 is 11.3 Å². The summed E-state index contributed by atoms with van der Waals surface area (Å²) in [7, 11) is 0. The monoisotopic (exact) mass is 375 g/mol. The Bertz CT molecular complexity index is 1260. The van der Waals surface area contributed by atoms with Crippen LogP contribution in [0, 0.1) is 6.92 Å². The van der Waals surface area contributed by atoms with E-state index in [1.165, 1.54) is 11.9 Å². The fraction of sp³-hybridized carbons (Fsp3) is 0.158. The summed E-state index contributed by atoms with van der Waals surface area (Å²) >= 11 is 1.65. The molecule has 1 atom stereocenters. The molecule has 8 heteroatoms. The summed E-state index contributed by atoms with van der Waals surface area (Å²) in [5.74, 6) is 0.391. The average molecular weight is 375 g/mol. The van der Waals surface area contributed by atoms with Gasteiger partial charge < -0.3 is 15.2 Å². The maximum Gasteiger partial charge on any atom is 0.165 e. The number of imidazole rings is 1. The summed E-state index contributed by atoms with van der Waals surface area (Å²) in [4.78, 5) is 20.0. The van der Waals surface area contributed by atoms with E-state index in [4.69, 9.17) is 10.7 Å². The van der Waals surface area contributed by atoms with Gasteiger partial charge in [-0.15, -0.1) is 11.3 Å². The molecular formula is C19H17N7S. The van der Waals surface area contributed by atoms with Gasteiger partial charge >= 0.3 is 0 Å². The average Bonchev–Trinajstić information content (AvgIpc) is 3.29. The highest BCUT2D eigenvalue weighted by atomic mass is 32.1. The molecule has 0 saturated carbocycles. The summed E-state index contributed by atoms with van der Waals surface area (Å²) < 4.78 is 3.03. The molecular weight excluding hydrogens is 358 g/mol. The zero-order valence-corrected chi connectivity index (χ0v) is 15.5. The number of anilines is 2. The second-order valence-corrected chi connectivity index (χ2v) is 7.34. The van der Waals surface area contributed by atoms with Gasteiger partial charge in [-0.1, -0.05) is 18.2 Å². The highest BCUT2D eigenvalue weighted by molar-refractivity contribution is 7.07. The molecule has 0 fully saturated rings. The topological polar surface area (TPSA) is 85.2 Å². The lowest BCUT2D eigenvalue weighted by atomic mass is 10.1. The fourth-order valence-electron chi connectivity index (χ4n) is 3.37. The summed E-state index contributed by atoms with van der Waals surface area (Å²) in [6.45, 7) is 2.72. The van der Waals surface area contributed by atoms with Crippen LogP contribution in [0.25, 0.3) is 17.4 Å². The SMILES string of the molecule is Cc1ccccc1N1C=c2ccsc2=NC1Cn1cnc2c(N)ncnc21. The smallest absolute Gasteiger partial charge is 0.165 e. The normalized spacial score (nSPS) is 16.0. The Morgan fingerprint density at radius 3 is 2.93 bits per heavy atom. The van der Waals surface area contributed by atoms with Crippen molar-refractivity contribution in [1.82, 2.24) is 19.5 Å². The van der Waals surface area contributed by atoms with Crippen LogP contribution in [-0.4, -0.2) is 25.7 Å². The van der Waals surface area contributed by atoms with Gasteiger partial charge in [0.25, 0.3) is 0 Å². The van der Waals surface area contributed by atoms with Gasteiger partial charge in [-0.25, -0.2) is 19.9 Å². The van der Waals surface area contributed by atoms with Crippen molar-refractivity contribution in [2.24, 2.45) is 4.99 Å². The van der Waals surface area contributed by atoms with Gasteiger partial charge in [0.2, 0.25) is 0 Å². The zero-order chi connectivity index (χ0) is 18.4. The van der Waals surface area contributed by atoms with Crippen molar-refractivity contribution in [3.8, 4) is 0 Å². The third-order valence-corrected chi connectivity index (χ3v) is 5.56. The molecule has 0 saturated heterocycles. The first-order valence-electron chi connectivity index (χ1n) is 8.59. The van der Waals surface area contributed by atoms with Gasteiger partial charge in [0.1, 0.15) is 22.7 Å². The van der Waals surface area contributed by atoms with Crippen LogP contribution in [0.1, 0.15) is 5.56 Å². The van der Waals surface area contributed by atoms with Crippen LogP contribution in [-0.2, 0) is 6.54 Å². The Kier molecular flexibility index (Phi) is 3.64. The van der Waals surface area contributed by atoms with Crippen molar-refractivity contribution in [1.29, 1.82) is 0 Å². The third-order valence-electron chi connectivity index (χ3n) is 4.72. The molecule has 0 radical (unpaired) electrons. The van der Waals surface area contributed by atoms with E-state index < -0.39 is 0 Å². The van der Waals surface area contributed by atoms with Gasteiger partial charge in [-0.2, -0.15) is 0 Å². The molecule has 134 valence electrons. The maximum atomic E-state index is 5.92. The van der Waals surface area contributed by atoms with Crippen LogP contribution in [0.3, 0.4) is 0 Å². The number of rotatable bonds is 3. The van der Waals surface area contributed by atoms with Crippen molar-refractivity contribution in [3.63, 3.8) is 0 Å². The second-order valence-electron chi connectivity index (χ2n) is 6.44. The third kappa shape index (κ3) is 2.65. The Morgan fingerprint density at radius 1 is 1.15 bits per heavy atom. The van der Waals surface area contributed by atoms with Gasteiger partial charge in [0.05, 0.1) is 12.9 Å². The largest absolute Gasteiger partial charge is 0.382 e. The molecule has 7 nitrogen and oxygen atoms in total. The second kappa shape index (κ2) is 6.17. The van der Waals surface area contributed by atoms with Crippen LogP contribution in [0.4, 0.5) is 11.5 Å². The van der Waals surface area contributed by atoms with Gasteiger partial charge in [-0.3, -0.25) is 0 Å². The number of benzene rings is 1. The molecule has 3 aromatic heterocycles. The van der Waals surface area contributed by atoms with E-state index in [9.17, 15) is 0 Å². The van der Waals surface area contributed by atoms with Gasteiger partial charge in [0, 0.05) is 17.1 Å². The van der Waals surface area contributed by atoms with Gasteiger partial charge in [-0.05, 0) is 30.0 Å². The minimum atomic E-state index is -0.106. The molecule has 4 aromatic rings. The molecule has 0 aliphatic carbocycles. The highest BCUT2D eigenvalue weighted by Crippen LogP contribution is 2.25. The van der Waals surface area contributed by atoms with Crippen LogP contribution < -0.4 is 20.5 Å². The van der Waals surface area contributed by atoms with E-state index in [1.807, 2.05) is 10.6 Å². The molecule has 4 heterocycles. The maximum absolute atomic E-state index is 5.92. The molecule has 5 rings (SSSR count). The molecule has 0 spiro atoms. The number of nitrogens with two attached hydrogens (primary N) is 1. The van der Waals surface area contributed by atoms with Crippen molar-refractivity contribution < 1.29 is 0 Å². The lowest BCUT2D eigenvalue weighted by molar-refractivity contribution is 0.559. The number of aryl methyl sites for hydroxylation is 1. The lowest BCUT2D eigenvalue weighted by Crippen LogP contribution is -2.42. The number of hydrogen-bond donors (Lipinski definition) is 1. The van der Waals surface area contributed by atoms with E-state index in [2.05, 4.69) is 62.6 Å². The van der Waals surface area contributed by atoms with Crippen molar-refractivity contribution >= 4 is 40.2 Å². The molecule has 2 N–H and O–H groups in total. The van der Waals surface area contributed by atoms with E-state index in [-0.39, 0.29) is 6.17 Å². The molecule has 0 bridgehead atoms. The quantitative estimate of drug-likeness (QED) is 0.589. The predicted octanol–water partition coefficient (Wildman–Crippen LogP) is 1.68. The molecule has 1 aliphatic rings. The van der Waals surface area contributed by atoms with Crippen LogP contribution in [0.5, 0.6) is 0 Å². The molecule has 27 heavy (non-hydrogen) atoms. The van der Waals surface area contributed by atoms with E-state index in [0.29, 0.717) is 17.9 Å². The number of aromatic nitrogens is 4. The number of para-hydroxylation sites is 1. The first-order chi connectivity index (χ1) is 13.2. The number of thiophene rings is 1. The van der Waals surface area contributed by atoms with Gasteiger partial charge in [0.15, 0.2) is 11.5 Å². The minimum Gasteiger partial charge on any atom is -0.382 e. The standard InChI is InChI=1S/C19H17N7S/c1-12-4-2-3-5-14(12)26-8-13-6-7-27-19(13)24-15(26)9-25-11-23-16-17(20)21-10-22-18(16)25/h2-8,10-11,15H,9H2,1H3,(H2,20,21,22). The fourth-order valence-corrected chi connectivity index (χ4v) is 4.15. The molecule has 0 amide bonds. The summed E-state index contributed by atoms with van der Waals surface area (Å²) in [5.41, 5.74) is 9.61. The first kappa shape index (κ1) is 16.0. The Morgan fingerprint density at radius 2 is 2.04 bits per heavy atom. The zero-order valence-electron chi connectivity index (χ0n) is 14.6. The van der Waals surface area contributed by atoms with Crippen molar-refractivity contribution in [2.45, 2.75) is 19.6 Å². The van der Waals surface area contributed by atoms with E-state index in [0.717, 1.165) is 21.2 Å². The summed E-state index contributed by atoms with van der Waals surface area (Å²) in [6, 6.07) is 10.4. The van der Waals surface area contributed by atoms with Crippen LogP contribution in [0.15, 0.2) is 53.4 Å². The molecule has 1 unspecified atom stereocenters. The number of hydrogen-bond acceptors (Lipinski definition) is 7.